The molecular formula is C13H19ClN4O2S. The van der Waals surface area contributed by atoms with Gasteiger partial charge >= 0.3 is 0 Å². The van der Waals surface area contributed by atoms with E-state index in [-0.39, 0.29) is 17.0 Å². The fraction of sp³-hybridized carbons (Fsp3) is 0.538. The van der Waals surface area contributed by atoms with Crippen LogP contribution in [0.5, 0.6) is 0 Å². The number of imidazole rings is 2. The monoisotopic (exact) mass is 330 g/mol. The van der Waals surface area contributed by atoms with Crippen molar-refractivity contribution in [3.8, 4) is 0 Å². The van der Waals surface area contributed by atoms with Crippen molar-refractivity contribution in [1.29, 1.82) is 0 Å². The maximum Gasteiger partial charge on any atom is 0.280 e. The van der Waals surface area contributed by atoms with Gasteiger partial charge in [-0.1, -0.05) is 13.8 Å². The SMILES string of the molecule is CC(C)c1nc(S(=O)(=O)Cl)cn1Cc1cncn1C(C)C. The van der Waals surface area contributed by atoms with Crippen LogP contribution in [-0.4, -0.2) is 27.5 Å². The van der Waals surface area contributed by atoms with Crippen LogP contribution in [0.3, 0.4) is 0 Å². The third-order valence-electron chi connectivity index (χ3n) is 3.19. The summed E-state index contributed by atoms with van der Waals surface area (Å²) in [6.45, 7) is 8.56. The van der Waals surface area contributed by atoms with Crippen LogP contribution in [0, 0.1) is 0 Å². The summed E-state index contributed by atoms with van der Waals surface area (Å²) in [5.74, 6) is 0.776. The van der Waals surface area contributed by atoms with Crippen LogP contribution < -0.4 is 0 Å². The minimum absolute atomic E-state index is 0.0904. The summed E-state index contributed by atoms with van der Waals surface area (Å²) in [5, 5.41) is -0.108. The maximum absolute atomic E-state index is 11.5. The van der Waals surface area contributed by atoms with Crippen LogP contribution >= 0.6 is 10.7 Å². The first-order valence-corrected chi connectivity index (χ1v) is 9.03. The predicted molar refractivity (Wildman–Crippen MR) is 81.1 cm³/mol. The Labute approximate surface area is 129 Å². The van der Waals surface area contributed by atoms with Crippen LogP contribution in [0.25, 0.3) is 0 Å². The van der Waals surface area contributed by atoms with Crippen molar-refractivity contribution in [2.24, 2.45) is 0 Å². The second kappa shape index (κ2) is 5.81. The molecule has 21 heavy (non-hydrogen) atoms. The summed E-state index contributed by atoms with van der Waals surface area (Å²) in [7, 11) is 1.57. The van der Waals surface area contributed by atoms with Gasteiger partial charge in [0.1, 0.15) is 5.82 Å². The number of hydrogen-bond acceptors (Lipinski definition) is 4. The van der Waals surface area contributed by atoms with Crippen molar-refractivity contribution in [1.82, 2.24) is 19.1 Å². The molecule has 0 aliphatic heterocycles. The molecule has 2 heterocycles. The van der Waals surface area contributed by atoms with Crippen LogP contribution in [0.2, 0.25) is 0 Å². The van der Waals surface area contributed by atoms with E-state index in [4.69, 9.17) is 10.7 Å². The van der Waals surface area contributed by atoms with Crippen molar-refractivity contribution in [2.75, 3.05) is 0 Å². The minimum Gasteiger partial charge on any atom is -0.330 e. The van der Waals surface area contributed by atoms with E-state index in [0.717, 1.165) is 5.69 Å². The van der Waals surface area contributed by atoms with Crippen LogP contribution in [0.1, 0.15) is 51.2 Å². The summed E-state index contributed by atoms with van der Waals surface area (Å²) in [6, 6.07) is 0.282. The lowest BCUT2D eigenvalue weighted by molar-refractivity contribution is 0.552. The Morgan fingerprint density at radius 1 is 1.29 bits per heavy atom. The van der Waals surface area contributed by atoms with Crippen molar-refractivity contribution in [3.63, 3.8) is 0 Å². The first-order chi connectivity index (χ1) is 9.70. The van der Waals surface area contributed by atoms with Gasteiger partial charge < -0.3 is 9.13 Å². The summed E-state index contributed by atoms with van der Waals surface area (Å²) in [5.41, 5.74) is 0.989. The highest BCUT2D eigenvalue weighted by Gasteiger charge is 2.20. The maximum atomic E-state index is 11.5. The Morgan fingerprint density at radius 3 is 2.48 bits per heavy atom. The molecule has 0 aliphatic carbocycles. The molecule has 8 heteroatoms. The van der Waals surface area contributed by atoms with E-state index >= 15 is 0 Å². The van der Waals surface area contributed by atoms with Crippen LogP contribution in [-0.2, 0) is 15.6 Å². The van der Waals surface area contributed by atoms with E-state index in [1.165, 1.54) is 6.20 Å². The number of nitrogens with zero attached hydrogens (tertiary/aromatic N) is 4. The lowest BCUT2D eigenvalue weighted by atomic mass is 10.2. The summed E-state index contributed by atoms with van der Waals surface area (Å²) in [4.78, 5) is 8.30. The molecule has 0 saturated carbocycles. The number of rotatable bonds is 5. The third kappa shape index (κ3) is 3.47. The second-order valence-corrected chi connectivity index (χ2v) is 8.06. The molecule has 0 radical (unpaired) electrons. The zero-order chi connectivity index (χ0) is 15.8. The second-order valence-electron chi connectivity index (χ2n) is 5.54. The van der Waals surface area contributed by atoms with E-state index in [0.29, 0.717) is 12.4 Å². The Hall–Kier alpha value is -1.34. The lowest BCUT2D eigenvalue weighted by Crippen LogP contribution is -2.11. The molecule has 2 rings (SSSR count). The van der Waals surface area contributed by atoms with Gasteiger partial charge in [0.15, 0.2) is 5.03 Å². The first kappa shape index (κ1) is 16.0. The Morgan fingerprint density at radius 2 is 1.95 bits per heavy atom. The molecule has 0 aliphatic rings. The fourth-order valence-corrected chi connectivity index (χ4v) is 2.88. The minimum atomic E-state index is -3.83. The molecule has 0 aromatic carbocycles. The Kier molecular flexibility index (Phi) is 4.43. The van der Waals surface area contributed by atoms with Crippen molar-refractivity contribution in [2.45, 2.75) is 51.2 Å². The van der Waals surface area contributed by atoms with Crippen molar-refractivity contribution < 1.29 is 8.42 Å². The number of aromatic nitrogens is 4. The highest BCUT2D eigenvalue weighted by Crippen LogP contribution is 2.21. The van der Waals surface area contributed by atoms with E-state index in [9.17, 15) is 8.42 Å². The fourth-order valence-electron chi connectivity index (χ4n) is 2.20. The van der Waals surface area contributed by atoms with E-state index in [1.54, 1.807) is 12.5 Å². The highest BCUT2D eigenvalue weighted by atomic mass is 35.7. The van der Waals surface area contributed by atoms with Crippen molar-refractivity contribution in [3.05, 3.63) is 30.2 Å². The van der Waals surface area contributed by atoms with Crippen LogP contribution in [0.4, 0.5) is 0 Å². The molecule has 0 fully saturated rings. The molecule has 0 atom stereocenters. The topological polar surface area (TPSA) is 69.8 Å². The zero-order valence-corrected chi connectivity index (χ0v) is 14.1. The average Bonchev–Trinajstić information content (AvgIpc) is 2.94. The molecule has 2 aromatic rings. The first-order valence-electron chi connectivity index (χ1n) is 6.72. The van der Waals surface area contributed by atoms with Gasteiger partial charge in [-0.3, -0.25) is 0 Å². The number of hydrogen-bond donors (Lipinski definition) is 0. The van der Waals surface area contributed by atoms with Gasteiger partial charge in [-0.15, -0.1) is 0 Å². The number of halogens is 1. The van der Waals surface area contributed by atoms with Gasteiger partial charge in [-0.05, 0) is 13.8 Å². The molecule has 0 N–H and O–H groups in total. The molecule has 0 spiro atoms. The zero-order valence-electron chi connectivity index (χ0n) is 12.5. The predicted octanol–water partition coefficient (Wildman–Crippen LogP) is 2.76. The smallest absolute Gasteiger partial charge is 0.280 e. The van der Waals surface area contributed by atoms with Gasteiger partial charge in [0.2, 0.25) is 0 Å². The molecule has 0 saturated heterocycles. The molecule has 2 aromatic heterocycles. The van der Waals surface area contributed by atoms with Gasteiger partial charge in [0, 0.05) is 35.0 Å². The molecule has 0 unspecified atom stereocenters. The standard InChI is InChI=1S/C13H19ClN4O2S/c1-9(2)13-16-12(21(14,19)20)7-17(13)6-11-5-15-8-18(11)10(3)4/h5,7-10H,6H2,1-4H3. The van der Waals surface area contributed by atoms with E-state index in [2.05, 4.69) is 23.8 Å². The normalized spacial score (nSPS) is 12.5. The van der Waals surface area contributed by atoms with Gasteiger partial charge in [0.05, 0.1) is 18.6 Å². The third-order valence-corrected chi connectivity index (χ3v) is 4.36. The lowest BCUT2D eigenvalue weighted by Gasteiger charge is -2.14. The molecule has 6 nitrogen and oxygen atoms in total. The van der Waals surface area contributed by atoms with Gasteiger partial charge in [-0.2, -0.15) is 0 Å². The quantitative estimate of drug-likeness (QED) is 0.790. The largest absolute Gasteiger partial charge is 0.330 e. The summed E-state index contributed by atoms with van der Waals surface area (Å²) >= 11 is 0. The highest BCUT2D eigenvalue weighted by molar-refractivity contribution is 8.13. The average molecular weight is 331 g/mol. The molecular weight excluding hydrogens is 312 g/mol. The molecule has 116 valence electrons. The van der Waals surface area contributed by atoms with Gasteiger partial charge in [0.25, 0.3) is 9.05 Å². The van der Waals surface area contributed by atoms with Crippen LogP contribution in [0.15, 0.2) is 23.7 Å². The summed E-state index contributed by atoms with van der Waals surface area (Å²) < 4.78 is 26.8. The molecule has 0 amide bonds. The van der Waals surface area contributed by atoms with Crippen molar-refractivity contribution >= 4 is 19.7 Å². The molecule has 0 bridgehead atoms. The Balaban J connectivity index is 2.44. The Bertz CT molecular complexity index is 731. The van der Waals surface area contributed by atoms with E-state index < -0.39 is 9.05 Å². The van der Waals surface area contributed by atoms with E-state index in [1.807, 2.05) is 23.0 Å². The summed E-state index contributed by atoms with van der Waals surface area (Å²) in [6.07, 6.45) is 5.03. The van der Waals surface area contributed by atoms with Gasteiger partial charge in [-0.25, -0.2) is 18.4 Å².